The van der Waals surface area contributed by atoms with E-state index in [1.807, 2.05) is 6.07 Å². The fourth-order valence-corrected chi connectivity index (χ4v) is 3.05. The smallest absolute Gasteiger partial charge is 0.159 e. The maximum absolute atomic E-state index is 14.4. The molecule has 120 valence electrons. The molecule has 0 saturated heterocycles. The van der Waals surface area contributed by atoms with Gasteiger partial charge in [-0.05, 0) is 66.1 Å². The Balaban J connectivity index is 1.93. The van der Waals surface area contributed by atoms with Gasteiger partial charge in [-0.2, -0.15) is 0 Å². The number of hydrogen-bond acceptors (Lipinski definition) is 0. The van der Waals surface area contributed by atoms with Crippen molar-refractivity contribution in [3.8, 4) is 0 Å². The van der Waals surface area contributed by atoms with Crippen LogP contribution in [0.3, 0.4) is 0 Å². The molecular formula is C20H19F3. The van der Waals surface area contributed by atoms with Crippen molar-refractivity contribution in [2.75, 3.05) is 0 Å². The van der Waals surface area contributed by atoms with Crippen molar-refractivity contribution in [3.05, 3.63) is 70.0 Å². The molecule has 0 saturated carbocycles. The molecule has 0 atom stereocenters. The van der Waals surface area contributed by atoms with E-state index in [2.05, 4.69) is 6.92 Å². The average Bonchev–Trinajstić information content (AvgIpc) is 2.54. The van der Waals surface area contributed by atoms with E-state index < -0.39 is 11.6 Å². The zero-order valence-electron chi connectivity index (χ0n) is 13.1. The van der Waals surface area contributed by atoms with Crippen LogP contribution in [0.2, 0.25) is 0 Å². The van der Waals surface area contributed by atoms with E-state index in [9.17, 15) is 13.2 Å². The van der Waals surface area contributed by atoms with E-state index in [0.717, 1.165) is 36.0 Å². The van der Waals surface area contributed by atoms with E-state index in [-0.39, 0.29) is 5.82 Å². The summed E-state index contributed by atoms with van der Waals surface area (Å²) in [5.41, 5.74) is 3.80. The molecule has 0 aliphatic heterocycles. The van der Waals surface area contributed by atoms with E-state index in [0.29, 0.717) is 24.0 Å². The Morgan fingerprint density at radius 2 is 1.70 bits per heavy atom. The topological polar surface area (TPSA) is 0 Å². The van der Waals surface area contributed by atoms with Gasteiger partial charge in [-0.1, -0.05) is 31.6 Å². The number of allylic oxidation sites excluding steroid dienone is 1. The predicted molar refractivity (Wildman–Crippen MR) is 87.6 cm³/mol. The molecular weight excluding hydrogens is 297 g/mol. The summed E-state index contributed by atoms with van der Waals surface area (Å²) < 4.78 is 41.1. The molecule has 0 nitrogen and oxygen atoms in total. The highest BCUT2D eigenvalue weighted by molar-refractivity contribution is 5.84. The summed E-state index contributed by atoms with van der Waals surface area (Å²) in [5.74, 6) is -1.93. The lowest BCUT2D eigenvalue weighted by Gasteiger charge is -2.18. The molecule has 0 N–H and O–H groups in total. The van der Waals surface area contributed by atoms with Crippen molar-refractivity contribution < 1.29 is 13.2 Å². The number of aryl methyl sites for hydroxylation is 2. The molecule has 0 radical (unpaired) electrons. The highest BCUT2D eigenvalue weighted by atomic mass is 19.2. The first-order valence-electron chi connectivity index (χ1n) is 8.05. The van der Waals surface area contributed by atoms with Crippen LogP contribution in [0.1, 0.15) is 48.4 Å². The van der Waals surface area contributed by atoms with Crippen molar-refractivity contribution in [1.29, 1.82) is 0 Å². The van der Waals surface area contributed by atoms with Gasteiger partial charge in [-0.3, -0.25) is 0 Å². The monoisotopic (exact) mass is 316 g/mol. The van der Waals surface area contributed by atoms with Gasteiger partial charge in [-0.25, -0.2) is 13.2 Å². The minimum absolute atomic E-state index is 0.240. The van der Waals surface area contributed by atoms with Crippen LogP contribution in [0, 0.1) is 17.5 Å². The third-order valence-electron chi connectivity index (χ3n) is 4.37. The van der Waals surface area contributed by atoms with Crippen LogP contribution in [0.4, 0.5) is 13.2 Å². The van der Waals surface area contributed by atoms with Gasteiger partial charge in [0.05, 0.1) is 0 Å². The van der Waals surface area contributed by atoms with Crippen molar-refractivity contribution in [2.24, 2.45) is 0 Å². The zero-order chi connectivity index (χ0) is 16.4. The van der Waals surface area contributed by atoms with Gasteiger partial charge in [0.2, 0.25) is 0 Å². The van der Waals surface area contributed by atoms with Gasteiger partial charge in [0.25, 0.3) is 0 Å². The third kappa shape index (κ3) is 3.34. The highest BCUT2D eigenvalue weighted by Crippen LogP contribution is 2.33. The lowest BCUT2D eigenvalue weighted by atomic mass is 9.88. The fraction of sp³-hybridized carbons (Fsp3) is 0.300. The molecule has 23 heavy (non-hydrogen) atoms. The maximum Gasteiger partial charge on any atom is 0.159 e. The van der Waals surface area contributed by atoms with Crippen molar-refractivity contribution in [2.45, 2.75) is 39.0 Å². The quantitative estimate of drug-likeness (QED) is 0.655. The van der Waals surface area contributed by atoms with Crippen LogP contribution < -0.4 is 0 Å². The van der Waals surface area contributed by atoms with Gasteiger partial charge in [-0.15, -0.1) is 0 Å². The molecule has 1 aliphatic carbocycles. The molecule has 0 heterocycles. The summed E-state index contributed by atoms with van der Waals surface area (Å²) in [7, 11) is 0. The van der Waals surface area contributed by atoms with Crippen LogP contribution >= 0.6 is 0 Å². The summed E-state index contributed by atoms with van der Waals surface area (Å²) in [5, 5.41) is 0. The van der Waals surface area contributed by atoms with Gasteiger partial charge in [0.1, 0.15) is 5.82 Å². The molecule has 0 unspecified atom stereocenters. The zero-order valence-corrected chi connectivity index (χ0v) is 13.1. The SMILES string of the molecule is CCCCc1ccc(C2=Cc3cc(F)c(F)cc3CC2)c(F)c1. The Kier molecular flexibility index (Phi) is 4.56. The number of rotatable bonds is 4. The van der Waals surface area contributed by atoms with Crippen LogP contribution in [0.15, 0.2) is 30.3 Å². The maximum atomic E-state index is 14.4. The third-order valence-corrected chi connectivity index (χ3v) is 4.37. The summed E-state index contributed by atoms with van der Waals surface area (Å²) in [4.78, 5) is 0. The summed E-state index contributed by atoms with van der Waals surface area (Å²) in [6, 6.07) is 7.78. The standard InChI is InChI=1S/C20H19F3/c1-2-3-4-13-5-8-17(18(21)9-13)15-7-6-14-11-19(22)20(23)12-16(14)10-15/h5,8-12H,2-4,6-7H2,1H3. The van der Waals surface area contributed by atoms with Gasteiger partial charge < -0.3 is 0 Å². The second-order valence-electron chi connectivity index (χ2n) is 6.05. The normalized spacial score (nSPS) is 13.7. The second-order valence-corrected chi connectivity index (χ2v) is 6.05. The number of fused-ring (bicyclic) bond motifs is 1. The lowest BCUT2D eigenvalue weighted by molar-refractivity contribution is 0.506. The van der Waals surface area contributed by atoms with Gasteiger partial charge in [0, 0.05) is 5.56 Å². The molecule has 1 aliphatic rings. The second kappa shape index (κ2) is 6.61. The van der Waals surface area contributed by atoms with Crippen molar-refractivity contribution in [3.63, 3.8) is 0 Å². The largest absolute Gasteiger partial charge is 0.206 e. The van der Waals surface area contributed by atoms with Crippen LogP contribution in [0.5, 0.6) is 0 Å². The number of unbranched alkanes of at least 4 members (excludes halogenated alkanes) is 1. The summed E-state index contributed by atoms with van der Waals surface area (Å²) in [6.45, 7) is 2.11. The molecule has 0 spiro atoms. The van der Waals surface area contributed by atoms with Crippen molar-refractivity contribution in [1.82, 2.24) is 0 Å². The van der Waals surface area contributed by atoms with E-state index >= 15 is 0 Å². The number of hydrogen-bond donors (Lipinski definition) is 0. The first-order chi connectivity index (χ1) is 11.1. The summed E-state index contributed by atoms with van der Waals surface area (Å²) >= 11 is 0. The molecule has 0 fully saturated rings. The number of benzene rings is 2. The molecule has 2 aromatic carbocycles. The molecule has 2 aromatic rings. The number of halogens is 3. The minimum Gasteiger partial charge on any atom is -0.206 e. The molecule has 0 bridgehead atoms. The molecule has 3 rings (SSSR count). The predicted octanol–water partition coefficient (Wildman–Crippen LogP) is 5.93. The molecule has 0 amide bonds. The molecule has 0 aromatic heterocycles. The van der Waals surface area contributed by atoms with Gasteiger partial charge >= 0.3 is 0 Å². The minimum atomic E-state index is -0.864. The molecule has 3 heteroatoms. The average molecular weight is 316 g/mol. The fourth-order valence-electron chi connectivity index (χ4n) is 3.05. The van der Waals surface area contributed by atoms with Crippen LogP contribution in [0.25, 0.3) is 11.6 Å². The van der Waals surface area contributed by atoms with E-state index in [4.69, 9.17) is 0 Å². The highest BCUT2D eigenvalue weighted by Gasteiger charge is 2.17. The van der Waals surface area contributed by atoms with Crippen LogP contribution in [-0.2, 0) is 12.8 Å². The Morgan fingerprint density at radius 1 is 0.913 bits per heavy atom. The Morgan fingerprint density at radius 3 is 2.43 bits per heavy atom. The first-order valence-corrected chi connectivity index (χ1v) is 8.05. The Labute approximate surface area is 134 Å². The summed E-state index contributed by atoms with van der Waals surface area (Å²) in [6.07, 6.45) is 5.98. The van der Waals surface area contributed by atoms with Crippen LogP contribution in [-0.4, -0.2) is 0 Å². The van der Waals surface area contributed by atoms with E-state index in [1.165, 1.54) is 12.1 Å². The van der Waals surface area contributed by atoms with Crippen molar-refractivity contribution >= 4 is 11.6 Å². The lowest BCUT2D eigenvalue weighted by Crippen LogP contribution is -2.03. The van der Waals surface area contributed by atoms with E-state index in [1.54, 1.807) is 18.2 Å². The first kappa shape index (κ1) is 15.9. The Hall–Kier alpha value is -2.03. The van der Waals surface area contributed by atoms with Gasteiger partial charge in [0.15, 0.2) is 11.6 Å². The Bertz CT molecular complexity index is 760.